The lowest BCUT2D eigenvalue weighted by molar-refractivity contribution is 0.0698. The van der Waals surface area contributed by atoms with Crippen LogP contribution in [0.5, 0.6) is 0 Å². The number of nitrogens with one attached hydrogen (secondary N) is 2. The topological polar surface area (TPSA) is 91.6 Å². The molecule has 194 valence electrons. The van der Waals surface area contributed by atoms with Gasteiger partial charge in [0, 0.05) is 60.1 Å². The third-order valence-electron chi connectivity index (χ3n) is 6.95. The van der Waals surface area contributed by atoms with Crippen LogP contribution in [0.15, 0.2) is 104 Å². The van der Waals surface area contributed by atoms with E-state index in [1.54, 1.807) is 18.3 Å². The largest absolute Gasteiger partial charge is 0.349 e. The summed E-state index contributed by atoms with van der Waals surface area (Å²) in [4.78, 5) is 37.1. The first kappa shape index (κ1) is 24.4. The van der Waals surface area contributed by atoms with E-state index in [0.717, 1.165) is 22.6 Å². The highest BCUT2D eigenvalue weighted by atomic mass is 16.2. The minimum Gasteiger partial charge on any atom is -0.349 e. The van der Waals surface area contributed by atoms with Crippen molar-refractivity contribution in [2.75, 3.05) is 18.4 Å². The lowest BCUT2D eigenvalue weighted by Gasteiger charge is -2.32. The Labute approximate surface area is 226 Å². The monoisotopic (exact) mass is 516 g/mol. The van der Waals surface area contributed by atoms with E-state index in [-0.39, 0.29) is 17.9 Å². The van der Waals surface area contributed by atoms with Crippen molar-refractivity contribution in [1.82, 2.24) is 24.6 Å². The highest BCUT2D eigenvalue weighted by Crippen LogP contribution is 2.22. The Kier molecular flexibility index (Phi) is 6.74. The first-order chi connectivity index (χ1) is 19.1. The maximum Gasteiger partial charge on any atom is 0.253 e. The molecular formula is C31H28N6O2. The van der Waals surface area contributed by atoms with Crippen molar-refractivity contribution in [3.63, 3.8) is 0 Å². The van der Waals surface area contributed by atoms with Gasteiger partial charge < -0.3 is 19.9 Å². The van der Waals surface area contributed by atoms with E-state index in [4.69, 9.17) is 0 Å². The summed E-state index contributed by atoms with van der Waals surface area (Å²) < 4.78 is 1.97. The van der Waals surface area contributed by atoms with Crippen LogP contribution in [0.25, 0.3) is 16.9 Å². The molecule has 1 aliphatic heterocycles. The molecule has 0 bridgehead atoms. The van der Waals surface area contributed by atoms with E-state index in [9.17, 15) is 9.59 Å². The quantitative estimate of drug-likeness (QED) is 0.325. The molecule has 0 unspecified atom stereocenters. The highest BCUT2D eigenvalue weighted by molar-refractivity contribution is 5.96. The average molecular weight is 517 g/mol. The number of imidazole rings is 1. The van der Waals surface area contributed by atoms with Crippen LogP contribution in [0.1, 0.15) is 33.6 Å². The standard InChI is InChI=1S/C31H28N6O2/c38-30(23-12-15-32-28(20-23)33-25-9-2-1-3-10-25)34-26-13-17-36(18-14-26)31(39)24-8-6-7-22(19-24)27-21-37-16-5-4-11-29(37)35-27/h1-12,15-16,19-21,26H,13-14,17-18H2,(H,32,33)(H,34,38). The first-order valence-electron chi connectivity index (χ1n) is 13.0. The molecule has 8 heteroatoms. The molecular weight excluding hydrogens is 488 g/mol. The zero-order chi connectivity index (χ0) is 26.6. The molecule has 2 aromatic carbocycles. The van der Waals surface area contributed by atoms with E-state index in [0.29, 0.717) is 42.9 Å². The lowest BCUT2D eigenvalue weighted by atomic mass is 10.0. The molecule has 1 saturated heterocycles. The molecule has 0 atom stereocenters. The van der Waals surface area contributed by atoms with Gasteiger partial charge in [0.1, 0.15) is 11.5 Å². The summed E-state index contributed by atoms with van der Waals surface area (Å²) in [7, 11) is 0. The van der Waals surface area contributed by atoms with Crippen molar-refractivity contribution in [3.05, 3.63) is 115 Å². The number of benzene rings is 2. The summed E-state index contributed by atoms with van der Waals surface area (Å²) in [5, 5.41) is 6.34. The molecule has 39 heavy (non-hydrogen) atoms. The molecule has 2 N–H and O–H groups in total. The van der Waals surface area contributed by atoms with Crippen LogP contribution in [0.4, 0.5) is 11.5 Å². The number of hydrogen-bond donors (Lipinski definition) is 2. The Hall–Kier alpha value is -4.98. The Morgan fingerprint density at radius 3 is 2.49 bits per heavy atom. The second-order valence-corrected chi connectivity index (χ2v) is 9.63. The number of rotatable bonds is 6. The number of fused-ring (bicyclic) bond motifs is 1. The fourth-order valence-electron chi connectivity index (χ4n) is 4.87. The van der Waals surface area contributed by atoms with E-state index < -0.39 is 0 Å². The van der Waals surface area contributed by atoms with Gasteiger partial charge in [-0.1, -0.05) is 36.4 Å². The molecule has 0 aliphatic carbocycles. The van der Waals surface area contributed by atoms with Crippen molar-refractivity contribution in [2.45, 2.75) is 18.9 Å². The fourth-order valence-corrected chi connectivity index (χ4v) is 4.87. The van der Waals surface area contributed by atoms with Gasteiger partial charge in [0.05, 0.1) is 5.69 Å². The Morgan fingerprint density at radius 2 is 1.67 bits per heavy atom. The van der Waals surface area contributed by atoms with Crippen LogP contribution in [0.2, 0.25) is 0 Å². The molecule has 1 aliphatic rings. The van der Waals surface area contributed by atoms with Gasteiger partial charge in [0.25, 0.3) is 11.8 Å². The van der Waals surface area contributed by atoms with Crippen molar-refractivity contribution in [3.8, 4) is 11.3 Å². The molecule has 2 amide bonds. The summed E-state index contributed by atoms with van der Waals surface area (Å²) in [6, 6.07) is 26.7. The predicted octanol–water partition coefficient (Wildman–Crippen LogP) is 5.17. The first-order valence-corrected chi connectivity index (χ1v) is 13.0. The summed E-state index contributed by atoms with van der Waals surface area (Å²) >= 11 is 0. The zero-order valence-corrected chi connectivity index (χ0v) is 21.3. The van der Waals surface area contributed by atoms with E-state index in [1.165, 1.54) is 0 Å². The van der Waals surface area contributed by atoms with E-state index >= 15 is 0 Å². The van der Waals surface area contributed by atoms with E-state index in [1.807, 2.05) is 94.5 Å². The molecule has 5 aromatic rings. The zero-order valence-electron chi connectivity index (χ0n) is 21.3. The summed E-state index contributed by atoms with van der Waals surface area (Å²) in [5.74, 6) is 0.467. The van der Waals surface area contributed by atoms with Crippen molar-refractivity contribution >= 4 is 29.0 Å². The smallest absolute Gasteiger partial charge is 0.253 e. The number of pyridine rings is 2. The summed E-state index contributed by atoms with van der Waals surface area (Å²) in [6.07, 6.45) is 6.95. The van der Waals surface area contributed by atoms with E-state index in [2.05, 4.69) is 20.6 Å². The molecule has 0 saturated carbocycles. The van der Waals surface area contributed by atoms with Gasteiger partial charge in [-0.3, -0.25) is 9.59 Å². The second kappa shape index (κ2) is 10.8. The van der Waals surface area contributed by atoms with Crippen LogP contribution in [0, 0.1) is 0 Å². The number of carbonyl (C=O) groups is 2. The Balaban J connectivity index is 1.06. The number of nitrogens with zero attached hydrogens (tertiary/aromatic N) is 4. The maximum atomic E-state index is 13.3. The third-order valence-corrected chi connectivity index (χ3v) is 6.95. The van der Waals surface area contributed by atoms with Crippen LogP contribution in [0.3, 0.4) is 0 Å². The molecule has 4 heterocycles. The number of para-hydroxylation sites is 1. The highest BCUT2D eigenvalue weighted by Gasteiger charge is 2.25. The number of amides is 2. The second-order valence-electron chi connectivity index (χ2n) is 9.63. The molecule has 1 fully saturated rings. The van der Waals surface area contributed by atoms with Gasteiger partial charge in [0.15, 0.2) is 0 Å². The summed E-state index contributed by atoms with van der Waals surface area (Å²) in [5.41, 5.74) is 4.70. The number of aromatic nitrogens is 3. The van der Waals surface area contributed by atoms with Crippen molar-refractivity contribution in [2.24, 2.45) is 0 Å². The van der Waals surface area contributed by atoms with Crippen LogP contribution in [-0.2, 0) is 0 Å². The molecule has 6 rings (SSSR count). The SMILES string of the molecule is O=C(NC1CCN(C(=O)c2cccc(-c3cn4ccccc4n3)c2)CC1)c1ccnc(Nc2ccccc2)c1. The summed E-state index contributed by atoms with van der Waals surface area (Å²) in [6.45, 7) is 1.17. The maximum absolute atomic E-state index is 13.3. The minimum absolute atomic E-state index is 0.00356. The van der Waals surface area contributed by atoms with Gasteiger partial charge in [0.2, 0.25) is 0 Å². The number of anilines is 2. The number of hydrogen-bond acceptors (Lipinski definition) is 5. The molecule has 8 nitrogen and oxygen atoms in total. The molecule has 3 aromatic heterocycles. The predicted molar refractivity (Wildman–Crippen MR) is 151 cm³/mol. The number of piperidine rings is 1. The number of carbonyl (C=O) groups excluding carboxylic acids is 2. The van der Waals surface area contributed by atoms with Crippen molar-refractivity contribution < 1.29 is 9.59 Å². The fraction of sp³-hybridized carbons (Fsp3) is 0.161. The Morgan fingerprint density at radius 1 is 0.846 bits per heavy atom. The van der Waals surface area contributed by atoms with Crippen LogP contribution < -0.4 is 10.6 Å². The third kappa shape index (κ3) is 5.50. The van der Waals surface area contributed by atoms with Gasteiger partial charge in [-0.15, -0.1) is 0 Å². The van der Waals surface area contributed by atoms with Gasteiger partial charge in [-0.2, -0.15) is 0 Å². The number of likely N-dealkylation sites (tertiary alicyclic amines) is 1. The lowest BCUT2D eigenvalue weighted by Crippen LogP contribution is -2.46. The van der Waals surface area contributed by atoms with Crippen molar-refractivity contribution in [1.29, 1.82) is 0 Å². The molecule has 0 spiro atoms. The minimum atomic E-state index is -0.140. The Bertz CT molecular complexity index is 1590. The van der Waals surface area contributed by atoms with Gasteiger partial charge in [-0.05, 0) is 61.4 Å². The normalized spacial score (nSPS) is 13.8. The van der Waals surface area contributed by atoms with Crippen LogP contribution >= 0.6 is 0 Å². The van der Waals surface area contributed by atoms with Gasteiger partial charge in [-0.25, -0.2) is 9.97 Å². The van der Waals surface area contributed by atoms with Crippen LogP contribution in [-0.4, -0.2) is 50.2 Å². The molecule has 0 radical (unpaired) electrons. The average Bonchev–Trinajstić information content (AvgIpc) is 3.43. The van der Waals surface area contributed by atoms with Gasteiger partial charge >= 0.3 is 0 Å².